The highest BCUT2D eigenvalue weighted by Gasteiger charge is 2.24. The summed E-state index contributed by atoms with van der Waals surface area (Å²) in [7, 11) is 2.05. The van der Waals surface area contributed by atoms with Crippen molar-refractivity contribution in [2.24, 2.45) is 0 Å². The van der Waals surface area contributed by atoms with Gasteiger partial charge in [-0.15, -0.1) is 0 Å². The number of benzene rings is 1. The first-order valence-electron chi connectivity index (χ1n) is 6.73. The molecule has 3 atom stereocenters. The van der Waals surface area contributed by atoms with Gasteiger partial charge in [0.05, 0.1) is 12.2 Å². The van der Waals surface area contributed by atoms with E-state index in [-0.39, 0.29) is 6.04 Å². The molecule has 0 bridgehead atoms. The average molecular weight is 249 g/mol. The summed E-state index contributed by atoms with van der Waals surface area (Å²) >= 11 is 0. The molecule has 1 unspecified atom stereocenters. The molecule has 0 saturated carbocycles. The standard InChI is InChI=1S/C15H23NO2/c1-12(15(17)13-7-4-3-5-8-13)16(2)11-14-9-6-10-18-14/h3-5,7-8,12,14-15,17H,6,9-11H2,1-2H3/t12-,14?,15-/m0/s1. The molecule has 3 heteroatoms. The maximum absolute atomic E-state index is 10.4. The highest BCUT2D eigenvalue weighted by molar-refractivity contribution is 5.18. The second-order valence-electron chi connectivity index (χ2n) is 5.17. The van der Waals surface area contributed by atoms with Crippen molar-refractivity contribution in [1.29, 1.82) is 0 Å². The summed E-state index contributed by atoms with van der Waals surface area (Å²) < 4.78 is 5.64. The molecule has 18 heavy (non-hydrogen) atoms. The molecule has 1 aromatic carbocycles. The maximum Gasteiger partial charge on any atom is 0.0942 e. The van der Waals surface area contributed by atoms with Crippen LogP contribution in [-0.2, 0) is 4.74 Å². The van der Waals surface area contributed by atoms with E-state index < -0.39 is 6.10 Å². The lowest BCUT2D eigenvalue weighted by molar-refractivity contribution is 0.0295. The molecule has 0 radical (unpaired) electrons. The highest BCUT2D eigenvalue weighted by Crippen LogP contribution is 2.21. The molecule has 3 nitrogen and oxygen atoms in total. The van der Waals surface area contributed by atoms with Gasteiger partial charge in [0, 0.05) is 19.2 Å². The van der Waals surface area contributed by atoms with Crippen LogP contribution in [0.15, 0.2) is 30.3 Å². The first-order valence-corrected chi connectivity index (χ1v) is 6.73. The molecule has 1 aliphatic heterocycles. The van der Waals surface area contributed by atoms with Gasteiger partial charge in [-0.2, -0.15) is 0 Å². The lowest BCUT2D eigenvalue weighted by atomic mass is 10.0. The van der Waals surface area contributed by atoms with Gasteiger partial charge in [-0.3, -0.25) is 4.90 Å². The van der Waals surface area contributed by atoms with Crippen LogP contribution in [0.5, 0.6) is 0 Å². The molecule has 0 spiro atoms. The quantitative estimate of drug-likeness (QED) is 0.868. The molecule has 100 valence electrons. The minimum Gasteiger partial charge on any atom is -0.387 e. The normalized spacial score (nSPS) is 23.2. The molecule has 1 N–H and O–H groups in total. The van der Waals surface area contributed by atoms with Gasteiger partial charge in [0.25, 0.3) is 0 Å². The predicted molar refractivity (Wildman–Crippen MR) is 72.5 cm³/mol. The molecule has 1 fully saturated rings. The average Bonchev–Trinajstić information content (AvgIpc) is 2.91. The van der Waals surface area contributed by atoms with Gasteiger partial charge in [0.2, 0.25) is 0 Å². The number of aliphatic hydroxyl groups is 1. The Morgan fingerprint density at radius 1 is 1.39 bits per heavy atom. The number of aliphatic hydroxyl groups excluding tert-OH is 1. The number of likely N-dealkylation sites (N-methyl/N-ethyl adjacent to an activating group) is 1. The summed E-state index contributed by atoms with van der Waals surface area (Å²) in [5, 5.41) is 10.4. The van der Waals surface area contributed by atoms with E-state index in [0.717, 1.165) is 31.6 Å². The summed E-state index contributed by atoms with van der Waals surface area (Å²) in [5.41, 5.74) is 0.976. The fraction of sp³-hybridized carbons (Fsp3) is 0.600. The Kier molecular flexibility index (Phi) is 4.75. The molecule has 0 aromatic heterocycles. The Balaban J connectivity index is 1.91. The zero-order valence-electron chi connectivity index (χ0n) is 11.2. The predicted octanol–water partition coefficient (Wildman–Crippen LogP) is 2.22. The van der Waals surface area contributed by atoms with Gasteiger partial charge in [0.15, 0.2) is 0 Å². The van der Waals surface area contributed by atoms with Gasteiger partial charge in [-0.1, -0.05) is 30.3 Å². The van der Waals surface area contributed by atoms with Crippen LogP contribution in [0.25, 0.3) is 0 Å². The number of hydrogen-bond acceptors (Lipinski definition) is 3. The summed E-state index contributed by atoms with van der Waals surface area (Å²) in [5.74, 6) is 0. The van der Waals surface area contributed by atoms with Crippen LogP contribution >= 0.6 is 0 Å². The molecule has 1 aromatic rings. The van der Waals surface area contributed by atoms with Crippen LogP contribution in [-0.4, -0.2) is 42.4 Å². The van der Waals surface area contributed by atoms with Crippen molar-refractivity contribution in [3.8, 4) is 0 Å². The van der Waals surface area contributed by atoms with Crippen LogP contribution in [0.2, 0.25) is 0 Å². The summed E-state index contributed by atoms with van der Waals surface area (Å²) in [6, 6.07) is 9.94. The number of rotatable bonds is 5. The minimum absolute atomic E-state index is 0.0941. The van der Waals surface area contributed by atoms with E-state index in [2.05, 4.69) is 18.9 Å². The van der Waals surface area contributed by atoms with Crippen molar-refractivity contribution in [3.63, 3.8) is 0 Å². The SMILES string of the molecule is C[C@@H]([C@H](O)c1ccccc1)N(C)CC1CCCO1. The van der Waals surface area contributed by atoms with E-state index in [1.165, 1.54) is 0 Å². The first-order chi connectivity index (χ1) is 8.68. The topological polar surface area (TPSA) is 32.7 Å². The Morgan fingerprint density at radius 2 is 2.11 bits per heavy atom. The Morgan fingerprint density at radius 3 is 2.72 bits per heavy atom. The third-order valence-electron chi connectivity index (χ3n) is 3.81. The number of hydrogen-bond donors (Lipinski definition) is 1. The third kappa shape index (κ3) is 3.31. The second-order valence-corrected chi connectivity index (χ2v) is 5.17. The first kappa shape index (κ1) is 13.5. The molecule has 0 aliphatic carbocycles. The van der Waals surface area contributed by atoms with Crippen LogP contribution in [0, 0.1) is 0 Å². The van der Waals surface area contributed by atoms with Crippen molar-refractivity contribution in [1.82, 2.24) is 4.90 Å². The van der Waals surface area contributed by atoms with Crippen LogP contribution < -0.4 is 0 Å². The maximum atomic E-state index is 10.4. The third-order valence-corrected chi connectivity index (χ3v) is 3.81. The zero-order chi connectivity index (χ0) is 13.0. The molecule has 1 heterocycles. The van der Waals surface area contributed by atoms with Gasteiger partial charge in [-0.05, 0) is 32.4 Å². The van der Waals surface area contributed by atoms with Crippen molar-refractivity contribution >= 4 is 0 Å². The largest absolute Gasteiger partial charge is 0.387 e. The Hall–Kier alpha value is -0.900. The van der Waals surface area contributed by atoms with E-state index in [9.17, 15) is 5.11 Å². The fourth-order valence-corrected chi connectivity index (χ4v) is 2.45. The highest BCUT2D eigenvalue weighted by atomic mass is 16.5. The smallest absolute Gasteiger partial charge is 0.0942 e. The van der Waals surface area contributed by atoms with E-state index in [1.807, 2.05) is 30.3 Å². The van der Waals surface area contributed by atoms with Gasteiger partial charge in [-0.25, -0.2) is 0 Å². The van der Waals surface area contributed by atoms with E-state index >= 15 is 0 Å². The van der Waals surface area contributed by atoms with Crippen LogP contribution in [0.1, 0.15) is 31.4 Å². The summed E-state index contributed by atoms with van der Waals surface area (Å²) in [6.07, 6.45) is 2.19. The van der Waals surface area contributed by atoms with E-state index in [1.54, 1.807) is 0 Å². The van der Waals surface area contributed by atoms with Crippen molar-refractivity contribution < 1.29 is 9.84 Å². The van der Waals surface area contributed by atoms with Gasteiger partial charge < -0.3 is 9.84 Å². The molecular formula is C15H23NO2. The monoisotopic (exact) mass is 249 g/mol. The Labute approximate surface area is 109 Å². The minimum atomic E-state index is -0.447. The molecule has 2 rings (SSSR count). The Bertz CT molecular complexity index is 349. The van der Waals surface area contributed by atoms with Crippen molar-refractivity contribution in [2.75, 3.05) is 20.2 Å². The summed E-state index contributed by atoms with van der Waals surface area (Å²) in [6.45, 7) is 3.84. The molecule has 1 saturated heterocycles. The van der Waals surface area contributed by atoms with Crippen molar-refractivity contribution in [2.45, 2.75) is 38.0 Å². The molecule has 0 amide bonds. The summed E-state index contributed by atoms with van der Waals surface area (Å²) in [4.78, 5) is 2.19. The van der Waals surface area contributed by atoms with Gasteiger partial charge >= 0.3 is 0 Å². The number of ether oxygens (including phenoxy) is 1. The van der Waals surface area contributed by atoms with Gasteiger partial charge in [0.1, 0.15) is 0 Å². The van der Waals surface area contributed by atoms with Crippen LogP contribution in [0.3, 0.4) is 0 Å². The molecular weight excluding hydrogens is 226 g/mol. The molecule has 1 aliphatic rings. The van der Waals surface area contributed by atoms with E-state index in [4.69, 9.17) is 4.74 Å². The fourth-order valence-electron chi connectivity index (χ4n) is 2.45. The lowest BCUT2D eigenvalue weighted by Gasteiger charge is -2.30. The zero-order valence-corrected chi connectivity index (χ0v) is 11.2. The second kappa shape index (κ2) is 6.32. The number of nitrogens with zero attached hydrogens (tertiary/aromatic N) is 1. The van der Waals surface area contributed by atoms with Crippen molar-refractivity contribution in [3.05, 3.63) is 35.9 Å². The van der Waals surface area contributed by atoms with E-state index in [0.29, 0.717) is 6.10 Å². The van der Waals surface area contributed by atoms with Crippen LogP contribution in [0.4, 0.5) is 0 Å². The lowest BCUT2D eigenvalue weighted by Crippen LogP contribution is -2.39.